The summed E-state index contributed by atoms with van der Waals surface area (Å²) < 4.78 is 10.7. The van der Waals surface area contributed by atoms with E-state index in [2.05, 4.69) is 0 Å². The number of nitro benzene ring substituents is 1. The van der Waals surface area contributed by atoms with Gasteiger partial charge in [-0.2, -0.15) is 0 Å². The molecule has 0 unspecified atom stereocenters. The van der Waals surface area contributed by atoms with Crippen molar-refractivity contribution in [3.8, 4) is 11.5 Å². The number of piperidine rings is 1. The van der Waals surface area contributed by atoms with E-state index in [-0.39, 0.29) is 29.2 Å². The van der Waals surface area contributed by atoms with Crippen LogP contribution in [0.3, 0.4) is 0 Å². The summed E-state index contributed by atoms with van der Waals surface area (Å²) in [6.45, 7) is 1.98. The Bertz CT molecular complexity index is 924. The highest BCUT2D eigenvalue weighted by atomic mass is 16.7. The highest BCUT2D eigenvalue weighted by Crippen LogP contribution is 2.34. The molecule has 0 aromatic heterocycles. The van der Waals surface area contributed by atoms with Gasteiger partial charge >= 0.3 is 0 Å². The van der Waals surface area contributed by atoms with Gasteiger partial charge in [0.2, 0.25) is 12.7 Å². The molecule has 2 aliphatic rings. The van der Waals surface area contributed by atoms with Gasteiger partial charge in [0, 0.05) is 38.7 Å². The number of para-hydroxylation sites is 2. The van der Waals surface area contributed by atoms with Crippen LogP contribution >= 0.6 is 0 Å². The van der Waals surface area contributed by atoms with Crippen LogP contribution in [0.2, 0.25) is 0 Å². The summed E-state index contributed by atoms with van der Waals surface area (Å²) in [5, 5.41) is 11.3. The highest BCUT2D eigenvalue weighted by molar-refractivity contribution is 5.79. The summed E-state index contributed by atoms with van der Waals surface area (Å²) in [4.78, 5) is 27.6. The van der Waals surface area contributed by atoms with Crippen LogP contribution in [0.4, 0.5) is 11.4 Å². The van der Waals surface area contributed by atoms with Gasteiger partial charge in [-0.25, -0.2) is 0 Å². The van der Waals surface area contributed by atoms with Crippen LogP contribution in [0, 0.1) is 16.0 Å². The van der Waals surface area contributed by atoms with Gasteiger partial charge < -0.3 is 19.3 Å². The van der Waals surface area contributed by atoms with E-state index >= 15 is 0 Å². The number of carbonyl (C=O) groups is 1. The monoisotopic (exact) mass is 397 g/mol. The van der Waals surface area contributed by atoms with Crippen LogP contribution in [-0.4, -0.2) is 42.7 Å². The Hall–Kier alpha value is -3.29. The van der Waals surface area contributed by atoms with Crippen LogP contribution in [0.1, 0.15) is 18.4 Å². The van der Waals surface area contributed by atoms with Crippen molar-refractivity contribution in [2.75, 3.05) is 31.8 Å². The van der Waals surface area contributed by atoms with Crippen LogP contribution in [0.25, 0.3) is 0 Å². The highest BCUT2D eigenvalue weighted by Gasteiger charge is 2.29. The van der Waals surface area contributed by atoms with Crippen molar-refractivity contribution in [3.63, 3.8) is 0 Å². The number of anilines is 1. The lowest BCUT2D eigenvalue weighted by molar-refractivity contribution is -0.384. The molecule has 1 amide bonds. The van der Waals surface area contributed by atoms with Crippen molar-refractivity contribution in [1.82, 2.24) is 4.90 Å². The molecule has 152 valence electrons. The van der Waals surface area contributed by atoms with Crippen LogP contribution in [0.15, 0.2) is 42.5 Å². The van der Waals surface area contributed by atoms with Gasteiger partial charge in [0.1, 0.15) is 5.69 Å². The largest absolute Gasteiger partial charge is 0.454 e. The lowest BCUT2D eigenvalue weighted by Gasteiger charge is -2.34. The Morgan fingerprint density at radius 1 is 1.17 bits per heavy atom. The number of rotatable bonds is 5. The maximum absolute atomic E-state index is 12.9. The molecule has 1 fully saturated rings. The number of nitro groups is 1. The van der Waals surface area contributed by atoms with E-state index in [0.717, 1.165) is 11.3 Å². The first kappa shape index (κ1) is 19.0. The Labute approximate surface area is 168 Å². The molecule has 29 heavy (non-hydrogen) atoms. The Morgan fingerprint density at radius 3 is 2.66 bits per heavy atom. The molecule has 0 radical (unpaired) electrons. The Balaban J connectivity index is 1.36. The molecule has 1 saturated heterocycles. The molecule has 8 heteroatoms. The minimum absolute atomic E-state index is 0.0759. The Morgan fingerprint density at radius 2 is 1.90 bits per heavy atom. The molecule has 0 atom stereocenters. The molecular weight excluding hydrogens is 374 g/mol. The molecular formula is C21H23N3O5. The molecule has 2 heterocycles. The second-order valence-corrected chi connectivity index (χ2v) is 7.39. The number of carbonyl (C=O) groups excluding carboxylic acids is 1. The van der Waals surface area contributed by atoms with Crippen molar-refractivity contribution in [2.45, 2.75) is 19.4 Å². The van der Waals surface area contributed by atoms with E-state index in [4.69, 9.17) is 9.47 Å². The maximum Gasteiger partial charge on any atom is 0.292 e. The van der Waals surface area contributed by atoms with E-state index in [1.807, 2.05) is 23.1 Å². The molecule has 2 aromatic carbocycles. The summed E-state index contributed by atoms with van der Waals surface area (Å²) in [7, 11) is 1.81. The lowest BCUT2D eigenvalue weighted by atomic mass is 9.94. The molecule has 0 saturated carbocycles. The lowest BCUT2D eigenvalue weighted by Crippen LogP contribution is -2.41. The molecule has 0 aliphatic carbocycles. The van der Waals surface area contributed by atoms with Gasteiger partial charge in [-0.15, -0.1) is 0 Å². The smallest absolute Gasteiger partial charge is 0.292 e. The third kappa shape index (κ3) is 3.96. The van der Waals surface area contributed by atoms with Crippen molar-refractivity contribution in [3.05, 3.63) is 58.1 Å². The predicted molar refractivity (Wildman–Crippen MR) is 107 cm³/mol. The molecule has 0 N–H and O–H groups in total. The maximum atomic E-state index is 12.9. The van der Waals surface area contributed by atoms with Gasteiger partial charge in [0.25, 0.3) is 5.69 Å². The zero-order valence-corrected chi connectivity index (χ0v) is 16.2. The quantitative estimate of drug-likeness (QED) is 0.569. The van der Waals surface area contributed by atoms with Crippen LogP contribution in [0.5, 0.6) is 11.5 Å². The van der Waals surface area contributed by atoms with E-state index in [1.165, 1.54) is 6.07 Å². The van der Waals surface area contributed by atoms with Gasteiger partial charge in [0.05, 0.1) is 4.92 Å². The van der Waals surface area contributed by atoms with E-state index < -0.39 is 0 Å². The van der Waals surface area contributed by atoms with Gasteiger partial charge in [-0.05, 0) is 36.6 Å². The second-order valence-electron chi connectivity index (χ2n) is 7.39. The molecule has 2 aliphatic heterocycles. The number of benzene rings is 2. The molecule has 0 spiro atoms. The molecule has 2 aromatic rings. The van der Waals surface area contributed by atoms with Crippen molar-refractivity contribution >= 4 is 17.3 Å². The number of nitrogens with zero attached hydrogens (tertiary/aromatic N) is 3. The fourth-order valence-electron chi connectivity index (χ4n) is 3.96. The average molecular weight is 397 g/mol. The summed E-state index contributed by atoms with van der Waals surface area (Å²) in [6.07, 6.45) is 1.35. The normalized spacial score (nSPS) is 16.0. The molecule has 0 bridgehead atoms. The summed E-state index contributed by atoms with van der Waals surface area (Å²) >= 11 is 0. The SMILES string of the molecule is CN(Cc1ccc2c(c1)OCO2)C(=O)C1CCN(c2ccccc2[N+](=O)[O-])CC1. The summed E-state index contributed by atoms with van der Waals surface area (Å²) in [5.74, 6) is 1.46. The van der Waals surface area contributed by atoms with Crippen molar-refractivity contribution in [1.29, 1.82) is 0 Å². The van der Waals surface area contributed by atoms with Gasteiger partial charge in [-0.3, -0.25) is 14.9 Å². The molecule has 8 nitrogen and oxygen atoms in total. The number of hydrogen-bond acceptors (Lipinski definition) is 6. The molecule has 4 rings (SSSR count). The first-order chi connectivity index (χ1) is 14.0. The number of amides is 1. The predicted octanol–water partition coefficient (Wildman–Crippen LogP) is 3.20. The average Bonchev–Trinajstić information content (AvgIpc) is 3.21. The zero-order chi connectivity index (χ0) is 20.4. The van der Waals surface area contributed by atoms with Crippen molar-refractivity contribution in [2.24, 2.45) is 5.92 Å². The minimum Gasteiger partial charge on any atom is -0.454 e. The van der Waals surface area contributed by atoms with Gasteiger partial charge in [0.15, 0.2) is 11.5 Å². The first-order valence-corrected chi connectivity index (χ1v) is 9.65. The van der Waals surface area contributed by atoms with E-state index in [0.29, 0.717) is 43.9 Å². The standard InChI is InChI=1S/C21H23N3O5/c1-22(13-15-6-7-19-20(12-15)29-14-28-19)21(25)16-8-10-23(11-9-16)17-4-2-3-5-18(17)24(26)27/h2-7,12,16H,8-11,13-14H2,1H3. The van der Waals surface area contributed by atoms with E-state index in [1.54, 1.807) is 30.1 Å². The minimum atomic E-state index is -0.355. The Kier molecular flexibility index (Phi) is 5.24. The number of fused-ring (bicyclic) bond motifs is 1. The third-order valence-electron chi connectivity index (χ3n) is 5.50. The second kappa shape index (κ2) is 7.98. The number of ether oxygens (including phenoxy) is 2. The summed E-state index contributed by atoms with van der Waals surface area (Å²) in [5.41, 5.74) is 1.72. The van der Waals surface area contributed by atoms with Crippen LogP contribution in [-0.2, 0) is 11.3 Å². The fraction of sp³-hybridized carbons (Fsp3) is 0.381. The first-order valence-electron chi connectivity index (χ1n) is 9.65. The third-order valence-corrected chi connectivity index (χ3v) is 5.50. The van der Waals surface area contributed by atoms with E-state index in [9.17, 15) is 14.9 Å². The summed E-state index contributed by atoms with van der Waals surface area (Å²) in [6, 6.07) is 12.5. The fourth-order valence-corrected chi connectivity index (χ4v) is 3.96. The van der Waals surface area contributed by atoms with Gasteiger partial charge in [-0.1, -0.05) is 18.2 Å². The van der Waals surface area contributed by atoms with Crippen molar-refractivity contribution < 1.29 is 19.2 Å². The van der Waals surface area contributed by atoms with Crippen LogP contribution < -0.4 is 14.4 Å². The number of hydrogen-bond donors (Lipinski definition) is 0. The topological polar surface area (TPSA) is 85.2 Å². The zero-order valence-electron chi connectivity index (χ0n) is 16.2.